The summed E-state index contributed by atoms with van der Waals surface area (Å²) in [7, 11) is 0. The molecule has 5 unspecified atom stereocenters. The number of hydrogen-bond donors (Lipinski definition) is 3. The molecule has 118 valence electrons. The van der Waals surface area contributed by atoms with E-state index in [-0.39, 0.29) is 24.2 Å². The molecule has 3 aliphatic rings. The molecule has 0 aromatic carbocycles. The second-order valence-corrected chi connectivity index (χ2v) is 6.65. The van der Waals surface area contributed by atoms with Crippen molar-refractivity contribution in [2.75, 3.05) is 0 Å². The molecule has 3 fully saturated rings. The highest BCUT2D eigenvalue weighted by atomic mass is 16.4. The van der Waals surface area contributed by atoms with Gasteiger partial charge in [0.1, 0.15) is 0 Å². The lowest BCUT2D eigenvalue weighted by Crippen LogP contribution is -2.51. The summed E-state index contributed by atoms with van der Waals surface area (Å²) in [6, 6.07) is -0.491. The van der Waals surface area contributed by atoms with Crippen molar-refractivity contribution < 1.29 is 19.8 Å². The average molecular weight is 296 g/mol. The van der Waals surface area contributed by atoms with Gasteiger partial charge in [0.2, 0.25) is 0 Å². The third-order valence-corrected chi connectivity index (χ3v) is 5.38. The predicted molar refractivity (Wildman–Crippen MR) is 75.8 cm³/mol. The van der Waals surface area contributed by atoms with E-state index in [1.165, 1.54) is 0 Å². The zero-order chi connectivity index (χ0) is 15.0. The molecule has 3 N–H and O–H groups in total. The Morgan fingerprint density at radius 3 is 2.52 bits per heavy atom. The van der Waals surface area contributed by atoms with Gasteiger partial charge in [0, 0.05) is 12.1 Å². The molecular weight excluding hydrogens is 272 g/mol. The van der Waals surface area contributed by atoms with Gasteiger partial charge in [0.25, 0.3) is 0 Å². The molecule has 2 aliphatic heterocycles. The molecular formula is C15H24N2O4. The Kier molecular flexibility index (Phi) is 4.06. The molecule has 0 aromatic rings. The molecule has 2 heterocycles. The van der Waals surface area contributed by atoms with Crippen LogP contribution in [0.4, 0.5) is 4.79 Å². The van der Waals surface area contributed by atoms with Crippen molar-refractivity contribution in [2.24, 2.45) is 5.92 Å². The summed E-state index contributed by atoms with van der Waals surface area (Å²) < 4.78 is 0. The van der Waals surface area contributed by atoms with Crippen LogP contribution >= 0.6 is 0 Å². The molecule has 1 saturated carbocycles. The normalized spacial score (nSPS) is 39.1. The largest absolute Gasteiger partial charge is 0.481 e. The smallest absolute Gasteiger partial charge is 0.318 e. The van der Waals surface area contributed by atoms with Crippen molar-refractivity contribution >= 4 is 12.0 Å². The van der Waals surface area contributed by atoms with Crippen molar-refractivity contribution in [3.05, 3.63) is 0 Å². The lowest BCUT2D eigenvalue weighted by Gasteiger charge is -2.28. The third-order valence-electron chi connectivity index (χ3n) is 5.38. The van der Waals surface area contributed by atoms with Crippen LogP contribution in [0.2, 0.25) is 0 Å². The monoisotopic (exact) mass is 296 g/mol. The molecule has 5 atom stereocenters. The van der Waals surface area contributed by atoms with E-state index in [2.05, 4.69) is 5.32 Å². The van der Waals surface area contributed by atoms with Crippen LogP contribution in [-0.4, -0.2) is 51.3 Å². The van der Waals surface area contributed by atoms with Gasteiger partial charge in [0.05, 0.1) is 18.1 Å². The number of hydrogen-bond acceptors (Lipinski definition) is 3. The van der Waals surface area contributed by atoms with E-state index < -0.39 is 18.0 Å². The van der Waals surface area contributed by atoms with Crippen LogP contribution in [0.3, 0.4) is 0 Å². The number of nitrogens with zero attached hydrogens (tertiary/aromatic N) is 1. The molecule has 0 aromatic heterocycles. The van der Waals surface area contributed by atoms with Crippen molar-refractivity contribution in [3.63, 3.8) is 0 Å². The van der Waals surface area contributed by atoms with Gasteiger partial charge in [0.15, 0.2) is 0 Å². The van der Waals surface area contributed by atoms with Crippen LogP contribution < -0.4 is 5.32 Å². The number of fused-ring (bicyclic) bond motifs is 2. The van der Waals surface area contributed by atoms with Crippen LogP contribution in [0.25, 0.3) is 0 Å². The number of carboxylic acids is 1. The maximum absolute atomic E-state index is 12.5. The molecule has 1 aliphatic carbocycles. The predicted octanol–water partition coefficient (Wildman–Crippen LogP) is 1.33. The summed E-state index contributed by atoms with van der Waals surface area (Å²) in [4.78, 5) is 25.5. The second kappa shape index (κ2) is 5.83. The highest BCUT2D eigenvalue weighted by Gasteiger charge is 2.51. The minimum absolute atomic E-state index is 0.0546. The van der Waals surface area contributed by atoms with Gasteiger partial charge in [-0.2, -0.15) is 0 Å². The number of amides is 2. The maximum Gasteiger partial charge on any atom is 0.318 e. The van der Waals surface area contributed by atoms with Crippen LogP contribution in [0.15, 0.2) is 0 Å². The molecule has 2 bridgehead atoms. The quantitative estimate of drug-likeness (QED) is 0.671. The summed E-state index contributed by atoms with van der Waals surface area (Å²) in [5.41, 5.74) is 0. The van der Waals surface area contributed by atoms with Crippen molar-refractivity contribution in [1.82, 2.24) is 10.2 Å². The number of aliphatic hydroxyl groups is 1. The molecule has 0 radical (unpaired) electrons. The molecule has 6 heteroatoms. The van der Waals surface area contributed by atoms with Gasteiger partial charge in [-0.3, -0.25) is 4.79 Å². The van der Waals surface area contributed by atoms with Crippen molar-refractivity contribution in [1.29, 1.82) is 0 Å². The van der Waals surface area contributed by atoms with Crippen molar-refractivity contribution in [2.45, 2.75) is 75.6 Å². The average Bonchev–Trinajstić information content (AvgIpc) is 2.96. The van der Waals surface area contributed by atoms with Crippen molar-refractivity contribution in [3.8, 4) is 0 Å². The molecule has 21 heavy (non-hydrogen) atoms. The van der Waals surface area contributed by atoms with E-state index in [1.54, 1.807) is 4.90 Å². The zero-order valence-electron chi connectivity index (χ0n) is 12.2. The highest BCUT2D eigenvalue weighted by molar-refractivity contribution is 5.79. The van der Waals surface area contributed by atoms with Crippen LogP contribution in [-0.2, 0) is 4.79 Å². The van der Waals surface area contributed by atoms with Crippen LogP contribution in [0, 0.1) is 5.92 Å². The topological polar surface area (TPSA) is 89.9 Å². The third kappa shape index (κ3) is 2.73. The number of carboxylic acid groups (broad SMARTS) is 1. The van der Waals surface area contributed by atoms with Gasteiger partial charge < -0.3 is 20.4 Å². The summed E-state index contributed by atoms with van der Waals surface area (Å²) in [6.45, 7) is 0. The fraction of sp³-hybridized carbons (Fsp3) is 0.867. The summed E-state index contributed by atoms with van der Waals surface area (Å²) in [5.74, 6) is -1.22. The van der Waals surface area contributed by atoms with E-state index in [4.69, 9.17) is 0 Å². The van der Waals surface area contributed by atoms with E-state index in [0.29, 0.717) is 6.42 Å². The molecule has 2 amide bonds. The Labute approximate surface area is 124 Å². The van der Waals surface area contributed by atoms with Gasteiger partial charge >= 0.3 is 12.0 Å². The Morgan fingerprint density at radius 1 is 1.05 bits per heavy atom. The number of carbonyl (C=O) groups is 2. The lowest BCUT2D eigenvalue weighted by molar-refractivity contribution is -0.142. The number of aliphatic carboxylic acids is 1. The lowest BCUT2D eigenvalue weighted by atomic mass is 9.89. The number of aliphatic hydroxyl groups excluding tert-OH is 1. The van der Waals surface area contributed by atoms with E-state index in [1.807, 2.05) is 0 Å². The fourth-order valence-corrected chi connectivity index (χ4v) is 4.26. The van der Waals surface area contributed by atoms with E-state index >= 15 is 0 Å². The minimum Gasteiger partial charge on any atom is -0.481 e. The Morgan fingerprint density at radius 2 is 1.81 bits per heavy atom. The number of urea groups is 1. The van der Waals surface area contributed by atoms with E-state index in [0.717, 1.165) is 44.9 Å². The first-order valence-corrected chi connectivity index (χ1v) is 8.07. The van der Waals surface area contributed by atoms with Crippen LogP contribution in [0.5, 0.6) is 0 Å². The molecule has 6 nitrogen and oxygen atoms in total. The SMILES string of the molecule is O=C(O)C1CC2CCC1N2C(=O)NC1CCCCCC1O. The van der Waals surface area contributed by atoms with E-state index in [9.17, 15) is 19.8 Å². The number of nitrogens with one attached hydrogen (secondary N) is 1. The second-order valence-electron chi connectivity index (χ2n) is 6.65. The first-order chi connectivity index (χ1) is 10.1. The highest BCUT2D eigenvalue weighted by Crippen LogP contribution is 2.41. The molecule has 3 rings (SSSR count). The summed E-state index contributed by atoms with van der Waals surface area (Å²) in [6.07, 6.45) is 6.42. The summed E-state index contributed by atoms with van der Waals surface area (Å²) >= 11 is 0. The first kappa shape index (κ1) is 14.6. The Balaban J connectivity index is 1.64. The first-order valence-electron chi connectivity index (χ1n) is 8.07. The molecule has 2 saturated heterocycles. The fourth-order valence-electron chi connectivity index (χ4n) is 4.26. The number of rotatable bonds is 2. The van der Waals surface area contributed by atoms with Gasteiger partial charge in [-0.05, 0) is 32.1 Å². The standard InChI is InChI=1S/C15H24N2O4/c18-13-5-3-1-2-4-11(13)16-15(21)17-9-6-7-12(17)10(8-9)14(19)20/h9-13,18H,1-8H2,(H,16,21)(H,19,20). The zero-order valence-corrected chi connectivity index (χ0v) is 12.2. The Hall–Kier alpha value is -1.30. The van der Waals surface area contributed by atoms with Gasteiger partial charge in [-0.15, -0.1) is 0 Å². The van der Waals surface area contributed by atoms with Crippen LogP contribution in [0.1, 0.15) is 51.4 Å². The molecule has 0 spiro atoms. The number of carbonyl (C=O) groups excluding carboxylic acids is 1. The Bertz CT molecular complexity index is 428. The maximum atomic E-state index is 12.5. The van der Waals surface area contributed by atoms with Gasteiger partial charge in [-0.25, -0.2) is 4.79 Å². The minimum atomic E-state index is -0.797. The van der Waals surface area contributed by atoms with Gasteiger partial charge in [-0.1, -0.05) is 19.3 Å². The summed E-state index contributed by atoms with van der Waals surface area (Å²) in [5, 5.41) is 22.3.